The smallest absolute Gasteiger partial charge is 0.0479 e. The molecular formula is C17H26N2O. The number of nitrogens with zero attached hydrogens (tertiary/aromatic N) is 1. The van der Waals surface area contributed by atoms with Crippen LogP contribution in [0.2, 0.25) is 0 Å². The first-order valence-electron chi connectivity index (χ1n) is 7.86. The van der Waals surface area contributed by atoms with Gasteiger partial charge >= 0.3 is 0 Å². The molecule has 20 heavy (non-hydrogen) atoms. The summed E-state index contributed by atoms with van der Waals surface area (Å²) in [5.41, 5.74) is 4.43. The van der Waals surface area contributed by atoms with Gasteiger partial charge in [0.2, 0.25) is 0 Å². The van der Waals surface area contributed by atoms with E-state index in [4.69, 9.17) is 4.74 Å². The maximum absolute atomic E-state index is 5.19. The lowest BCUT2D eigenvalue weighted by atomic mass is 9.99. The van der Waals surface area contributed by atoms with Gasteiger partial charge in [0.05, 0.1) is 0 Å². The largest absolute Gasteiger partial charge is 0.385 e. The Hall–Kier alpha value is -1.06. The SMILES string of the molecule is COCCCN1CC(CNC2CC2)c2cccc(C)c21. The molecule has 1 heterocycles. The molecule has 1 unspecified atom stereocenters. The lowest BCUT2D eigenvalue weighted by Crippen LogP contribution is -2.29. The normalized spacial score (nSPS) is 21.3. The van der Waals surface area contributed by atoms with Crippen LogP contribution in [-0.2, 0) is 4.74 Å². The zero-order chi connectivity index (χ0) is 13.9. The Morgan fingerprint density at radius 2 is 2.20 bits per heavy atom. The van der Waals surface area contributed by atoms with Crippen molar-refractivity contribution in [2.75, 3.05) is 38.3 Å². The summed E-state index contributed by atoms with van der Waals surface area (Å²) in [4.78, 5) is 2.56. The van der Waals surface area contributed by atoms with Crippen LogP contribution in [0.1, 0.15) is 36.3 Å². The van der Waals surface area contributed by atoms with Crippen LogP contribution in [0.3, 0.4) is 0 Å². The molecule has 0 amide bonds. The standard InChI is InChI=1S/C17H26N2O/c1-13-5-3-6-16-14(11-18-15-7-8-15)12-19(17(13)16)9-4-10-20-2/h3,5-6,14-15,18H,4,7-12H2,1-2H3. The number of hydrogen-bond donors (Lipinski definition) is 1. The third-order valence-corrected chi connectivity index (χ3v) is 4.47. The Kier molecular flexibility index (Phi) is 4.27. The number of benzene rings is 1. The van der Waals surface area contributed by atoms with Gasteiger partial charge in [0.15, 0.2) is 0 Å². The number of hydrogen-bond acceptors (Lipinski definition) is 3. The maximum Gasteiger partial charge on any atom is 0.0479 e. The minimum Gasteiger partial charge on any atom is -0.385 e. The van der Waals surface area contributed by atoms with Crippen LogP contribution in [-0.4, -0.2) is 39.4 Å². The number of anilines is 1. The van der Waals surface area contributed by atoms with Gasteiger partial charge < -0.3 is 15.0 Å². The monoisotopic (exact) mass is 274 g/mol. The highest BCUT2D eigenvalue weighted by molar-refractivity contribution is 5.65. The molecule has 1 aromatic carbocycles. The van der Waals surface area contributed by atoms with Gasteiger partial charge in [0.25, 0.3) is 0 Å². The molecule has 1 fully saturated rings. The van der Waals surface area contributed by atoms with E-state index in [2.05, 4.69) is 35.3 Å². The minimum atomic E-state index is 0.646. The molecule has 0 bridgehead atoms. The van der Waals surface area contributed by atoms with Crippen molar-refractivity contribution in [2.45, 2.75) is 38.1 Å². The molecular weight excluding hydrogens is 248 g/mol. The Morgan fingerprint density at radius 3 is 2.95 bits per heavy atom. The second-order valence-corrected chi connectivity index (χ2v) is 6.18. The van der Waals surface area contributed by atoms with E-state index in [0.717, 1.165) is 38.7 Å². The number of methoxy groups -OCH3 is 1. The van der Waals surface area contributed by atoms with Crippen molar-refractivity contribution in [3.8, 4) is 0 Å². The molecule has 0 radical (unpaired) electrons. The molecule has 1 N–H and O–H groups in total. The molecule has 0 spiro atoms. The van der Waals surface area contributed by atoms with Crippen molar-refractivity contribution in [1.82, 2.24) is 5.32 Å². The molecule has 1 aliphatic carbocycles. The summed E-state index contributed by atoms with van der Waals surface area (Å²) < 4.78 is 5.19. The van der Waals surface area contributed by atoms with Crippen LogP contribution >= 0.6 is 0 Å². The third kappa shape index (κ3) is 2.99. The second-order valence-electron chi connectivity index (χ2n) is 6.18. The van der Waals surface area contributed by atoms with Crippen LogP contribution in [0.5, 0.6) is 0 Å². The molecule has 1 aliphatic heterocycles. The fourth-order valence-electron chi connectivity index (χ4n) is 3.27. The summed E-state index contributed by atoms with van der Waals surface area (Å²) in [6.45, 7) is 6.47. The van der Waals surface area contributed by atoms with E-state index < -0.39 is 0 Å². The number of fused-ring (bicyclic) bond motifs is 1. The van der Waals surface area contributed by atoms with E-state index in [1.807, 2.05) is 0 Å². The highest BCUT2D eigenvalue weighted by Gasteiger charge is 2.30. The van der Waals surface area contributed by atoms with Crippen LogP contribution < -0.4 is 10.2 Å². The molecule has 0 saturated heterocycles. The highest BCUT2D eigenvalue weighted by Crippen LogP contribution is 2.38. The van der Waals surface area contributed by atoms with Crippen LogP contribution in [0, 0.1) is 6.92 Å². The summed E-state index contributed by atoms with van der Waals surface area (Å²) in [6.07, 6.45) is 3.84. The van der Waals surface area contributed by atoms with Crippen molar-refractivity contribution >= 4 is 5.69 Å². The van der Waals surface area contributed by atoms with Gasteiger partial charge in [-0.05, 0) is 37.3 Å². The zero-order valence-electron chi connectivity index (χ0n) is 12.7. The number of ether oxygens (including phenoxy) is 1. The molecule has 110 valence electrons. The number of nitrogens with one attached hydrogen (secondary N) is 1. The molecule has 3 rings (SSSR count). The molecule has 2 aliphatic rings. The molecule has 0 aromatic heterocycles. The van der Waals surface area contributed by atoms with Crippen LogP contribution in [0.25, 0.3) is 0 Å². The summed E-state index contributed by atoms with van der Waals surface area (Å²) >= 11 is 0. The van der Waals surface area contributed by atoms with E-state index in [1.54, 1.807) is 7.11 Å². The average molecular weight is 274 g/mol. The lowest BCUT2D eigenvalue weighted by molar-refractivity contribution is 0.196. The fourth-order valence-corrected chi connectivity index (χ4v) is 3.27. The van der Waals surface area contributed by atoms with Gasteiger partial charge in [-0.15, -0.1) is 0 Å². The van der Waals surface area contributed by atoms with Crippen molar-refractivity contribution in [2.24, 2.45) is 0 Å². The van der Waals surface area contributed by atoms with E-state index in [-0.39, 0.29) is 0 Å². The fraction of sp³-hybridized carbons (Fsp3) is 0.647. The Labute approximate surface area is 122 Å². The van der Waals surface area contributed by atoms with Crippen molar-refractivity contribution in [3.05, 3.63) is 29.3 Å². The quantitative estimate of drug-likeness (QED) is 0.774. The number of para-hydroxylation sites is 1. The van der Waals surface area contributed by atoms with Gasteiger partial charge in [0, 0.05) is 51.0 Å². The van der Waals surface area contributed by atoms with Gasteiger partial charge in [-0.1, -0.05) is 18.2 Å². The number of rotatable bonds is 7. The maximum atomic E-state index is 5.19. The molecule has 3 nitrogen and oxygen atoms in total. The van der Waals surface area contributed by atoms with E-state index in [1.165, 1.54) is 29.7 Å². The Bertz CT molecular complexity index is 456. The van der Waals surface area contributed by atoms with Crippen LogP contribution in [0.4, 0.5) is 5.69 Å². The van der Waals surface area contributed by atoms with Crippen molar-refractivity contribution < 1.29 is 4.74 Å². The van der Waals surface area contributed by atoms with Crippen molar-refractivity contribution in [3.63, 3.8) is 0 Å². The molecule has 1 atom stereocenters. The van der Waals surface area contributed by atoms with Gasteiger partial charge in [-0.2, -0.15) is 0 Å². The molecule has 3 heteroatoms. The lowest BCUT2D eigenvalue weighted by Gasteiger charge is -2.21. The molecule has 1 aromatic rings. The summed E-state index contributed by atoms with van der Waals surface area (Å²) in [5, 5.41) is 3.70. The molecule has 1 saturated carbocycles. The number of aryl methyl sites for hydroxylation is 1. The van der Waals surface area contributed by atoms with Gasteiger partial charge in [-0.3, -0.25) is 0 Å². The third-order valence-electron chi connectivity index (χ3n) is 4.47. The Balaban J connectivity index is 1.70. The first-order valence-corrected chi connectivity index (χ1v) is 7.86. The van der Waals surface area contributed by atoms with E-state index in [9.17, 15) is 0 Å². The van der Waals surface area contributed by atoms with Crippen molar-refractivity contribution in [1.29, 1.82) is 0 Å². The second kappa shape index (κ2) is 6.15. The summed E-state index contributed by atoms with van der Waals surface area (Å²) in [7, 11) is 1.78. The zero-order valence-corrected chi connectivity index (χ0v) is 12.7. The Morgan fingerprint density at radius 1 is 1.35 bits per heavy atom. The summed E-state index contributed by atoms with van der Waals surface area (Å²) in [6, 6.07) is 7.55. The van der Waals surface area contributed by atoms with Gasteiger partial charge in [-0.25, -0.2) is 0 Å². The summed E-state index contributed by atoms with van der Waals surface area (Å²) in [5.74, 6) is 0.646. The average Bonchev–Trinajstić information content (AvgIpc) is 3.20. The predicted octanol–water partition coefficient (Wildman–Crippen LogP) is 2.69. The van der Waals surface area contributed by atoms with E-state index in [0.29, 0.717) is 5.92 Å². The van der Waals surface area contributed by atoms with E-state index >= 15 is 0 Å². The topological polar surface area (TPSA) is 24.5 Å². The first kappa shape index (κ1) is 13.9. The first-order chi connectivity index (χ1) is 9.79. The highest BCUT2D eigenvalue weighted by atomic mass is 16.5. The predicted molar refractivity (Wildman–Crippen MR) is 83.7 cm³/mol. The minimum absolute atomic E-state index is 0.646. The van der Waals surface area contributed by atoms with Gasteiger partial charge in [0.1, 0.15) is 0 Å². The van der Waals surface area contributed by atoms with Crippen LogP contribution in [0.15, 0.2) is 18.2 Å².